The van der Waals surface area contributed by atoms with E-state index in [4.69, 9.17) is 4.74 Å². The van der Waals surface area contributed by atoms with E-state index in [1.807, 2.05) is 36.4 Å². The van der Waals surface area contributed by atoms with Crippen molar-refractivity contribution in [3.05, 3.63) is 94.2 Å². The van der Waals surface area contributed by atoms with Gasteiger partial charge in [0, 0.05) is 23.1 Å². The fraction of sp³-hybridized carbons (Fsp3) is 0.160. The molecule has 1 fully saturated rings. The van der Waals surface area contributed by atoms with E-state index < -0.39 is 5.92 Å². The summed E-state index contributed by atoms with van der Waals surface area (Å²) in [6.45, 7) is 0.656. The van der Waals surface area contributed by atoms with Gasteiger partial charge < -0.3 is 9.64 Å². The number of halogens is 2. The van der Waals surface area contributed by atoms with Crippen LogP contribution in [0.3, 0.4) is 0 Å². The number of carbonyl (C=O) groups is 2. The number of carbonyl (C=O) groups excluding carboxylic acids is 2. The molecule has 0 unspecified atom stereocenters. The second kappa shape index (κ2) is 10.4. The van der Waals surface area contributed by atoms with Crippen LogP contribution in [0.4, 0.5) is 10.1 Å². The van der Waals surface area contributed by atoms with Crippen LogP contribution in [0.25, 0.3) is 0 Å². The number of nitrogens with one attached hydrogen (secondary N) is 1. The lowest BCUT2D eigenvalue weighted by molar-refractivity contribution is -0.126. The Hall–Kier alpha value is -3.52. The van der Waals surface area contributed by atoms with Crippen molar-refractivity contribution in [2.24, 2.45) is 11.0 Å². The lowest BCUT2D eigenvalue weighted by Gasteiger charge is -2.16. The van der Waals surface area contributed by atoms with Gasteiger partial charge in [-0.1, -0.05) is 28.1 Å². The van der Waals surface area contributed by atoms with Gasteiger partial charge in [-0.15, -0.1) is 0 Å². The maximum atomic E-state index is 13.0. The molecule has 2 amide bonds. The Morgan fingerprint density at radius 3 is 2.48 bits per heavy atom. The fourth-order valence-corrected chi connectivity index (χ4v) is 3.68. The summed E-state index contributed by atoms with van der Waals surface area (Å²) in [6.07, 6.45) is 1.68. The number of hydrogen-bond donors (Lipinski definition) is 1. The molecular weight excluding hydrogens is 489 g/mol. The molecule has 0 radical (unpaired) electrons. The first-order chi connectivity index (χ1) is 16.0. The monoisotopic (exact) mass is 509 g/mol. The molecule has 0 aromatic heterocycles. The molecule has 1 saturated heterocycles. The highest BCUT2D eigenvalue weighted by molar-refractivity contribution is 9.10. The van der Waals surface area contributed by atoms with Crippen molar-refractivity contribution in [3.63, 3.8) is 0 Å². The Balaban J connectivity index is 1.26. The smallest absolute Gasteiger partial charge is 0.245 e. The second-order valence-corrected chi connectivity index (χ2v) is 8.52. The Kier molecular flexibility index (Phi) is 7.14. The van der Waals surface area contributed by atoms with Gasteiger partial charge in [0.05, 0.1) is 12.1 Å². The van der Waals surface area contributed by atoms with Crippen molar-refractivity contribution >= 4 is 39.6 Å². The van der Waals surface area contributed by atoms with Gasteiger partial charge in [0.1, 0.15) is 18.2 Å². The third-order valence-corrected chi connectivity index (χ3v) is 5.75. The SMILES string of the molecule is O=C(N/N=C\c1ccc(OCc2ccc(F)cc2)cc1)[C@H]1CC(=O)N(c2ccc(Br)cc2)C1. The van der Waals surface area contributed by atoms with Gasteiger partial charge in [0.2, 0.25) is 11.8 Å². The van der Waals surface area contributed by atoms with Crippen LogP contribution in [0.15, 0.2) is 82.4 Å². The van der Waals surface area contributed by atoms with Gasteiger partial charge in [-0.05, 0) is 71.8 Å². The molecular formula is C25H21BrFN3O3. The summed E-state index contributed by atoms with van der Waals surface area (Å²) in [4.78, 5) is 26.4. The first-order valence-corrected chi connectivity index (χ1v) is 11.1. The molecule has 0 spiro atoms. The van der Waals surface area contributed by atoms with Crippen molar-refractivity contribution < 1.29 is 18.7 Å². The molecule has 33 heavy (non-hydrogen) atoms. The van der Waals surface area contributed by atoms with Crippen molar-refractivity contribution in [2.45, 2.75) is 13.0 Å². The molecule has 3 aromatic rings. The van der Waals surface area contributed by atoms with Gasteiger partial charge in [-0.3, -0.25) is 9.59 Å². The van der Waals surface area contributed by atoms with E-state index in [-0.39, 0.29) is 24.1 Å². The van der Waals surface area contributed by atoms with Crippen LogP contribution in [0.2, 0.25) is 0 Å². The normalized spacial score (nSPS) is 15.8. The number of hydrogen-bond acceptors (Lipinski definition) is 4. The topological polar surface area (TPSA) is 71.0 Å². The number of ether oxygens (including phenoxy) is 1. The van der Waals surface area contributed by atoms with E-state index in [0.29, 0.717) is 18.9 Å². The minimum absolute atomic E-state index is 0.0855. The van der Waals surface area contributed by atoms with E-state index in [0.717, 1.165) is 21.3 Å². The lowest BCUT2D eigenvalue weighted by Crippen LogP contribution is -2.30. The van der Waals surface area contributed by atoms with Crippen LogP contribution >= 0.6 is 15.9 Å². The van der Waals surface area contributed by atoms with E-state index in [9.17, 15) is 14.0 Å². The zero-order chi connectivity index (χ0) is 23.2. The van der Waals surface area contributed by atoms with Gasteiger partial charge >= 0.3 is 0 Å². The average Bonchev–Trinajstić information content (AvgIpc) is 3.22. The number of rotatable bonds is 7. The van der Waals surface area contributed by atoms with Crippen molar-refractivity contribution in [1.82, 2.24) is 5.43 Å². The quantitative estimate of drug-likeness (QED) is 0.371. The van der Waals surface area contributed by atoms with Crippen LogP contribution in [0.5, 0.6) is 5.75 Å². The fourth-order valence-electron chi connectivity index (χ4n) is 3.41. The van der Waals surface area contributed by atoms with E-state index in [1.165, 1.54) is 18.3 Å². The molecule has 8 heteroatoms. The molecule has 0 bridgehead atoms. The first kappa shape index (κ1) is 22.7. The van der Waals surface area contributed by atoms with E-state index in [1.54, 1.807) is 29.2 Å². The third-order valence-electron chi connectivity index (χ3n) is 5.22. The van der Waals surface area contributed by atoms with Crippen LogP contribution in [0, 0.1) is 11.7 Å². The first-order valence-electron chi connectivity index (χ1n) is 10.3. The van der Waals surface area contributed by atoms with Gasteiger partial charge in [0.25, 0.3) is 0 Å². The number of hydrazone groups is 1. The zero-order valence-corrected chi connectivity index (χ0v) is 19.2. The summed E-state index contributed by atoms with van der Waals surface area (Å²) >= 11 is 3.37. The minimum atomic E-state index is -0.458. The standard InChI is InChI=1S/C25H21BrFN3O3/c26-20-5-9-22(10-6-20)30-15-19(13-24(30)31)25(32)29-28-14-17-3-11-23(12-4-17)33-16-18-1-7-21(27)8-2-18/h1-12,14,19H,13,15-16H2,(H,29,32)/b28-14-/t19-/m0/s1. The minimum Gasteiger partial charge on any atom is -0.489 e. The van der Waals surface area contributed by atoms with Crippen molar-refractivity contribution in [3.8, 4) is 5.75 Å². The molecule has 1 heterocycles. The Labute approximate surface area is 199 Å². The van der Waals surface area contributed by atoms with Gasteiger partial charge in [-0.2, -0.15) is 5.10 Å². The molecule has 6 nitrogen and oxygen atoms in total. The second-order valence-electron chi connectivity index (χ2n) is 7.60. The largest absolute Gasteiger partial charge is 0.489 e. The molecule has 1 aliphatic heterocycles. The lowest BCUT2D eigenvalue weighted by atomic mass is 10.1. The molecule has 1 N–H and O–H groups in total. The molecule has 0 aliphatic carbocycles. The van der Waals surface area contributed by atoms with Gasteiger partial charge in [-0.25, -0.2) is 9.82 Å². The number of anilines is 1. The summed E-state index contributed by atoms with van der Waals surface area (Å²) in [6, 6.07) is 20.7. The maximum Gasteiger partial charge on any atom is 0.245 e. The van der Waals surface area contributed by atoms with Crippen LogP contribution in [-0.4, -0.2) is 24.6 Å². The van der Waals surface area contributed by atoms with Crippen LogP contribution in [-0.2, 0) is 16.2 Å². The summed E-state index contributed by atoms with van der Waals surface area (Å²) in [5, 5.41) is 4.02. The number of benzene rings is 3. The highest BCUT2D eigenvalue weighted by atomic mass is 79.9. The van der Waals surface area contributed by atoms with Crippen molar-refractivity contribution in [2.75, 3.05) is 11.4 Å². The predicted octanol–water partition coefficient (Wildman–Crippen LogP) is 4.67. The predicted molar refractivity (Wildman–Crippen MR) is 128 cm³/mol. The number of nitrogens with zero attached hydrogens (tertiary/aromatic N) is 2. The maximum absolute atomic E-state index is 13.0. The highest BCUT2D eigenvalue weighted by Crippen LogP contribution is 2.26. The van der Waals surface area contributed by atoms with Crippen molar-refractivity contribution in [1.29, 1.82) is 0 Å². The third kappa shape index (κ3) is 6.04. The highest BCUT2D eigenvalue weighted by Gasteiger charge is 2.35. The molecule has 168 valence electrons. The summed E-state index contributed by atoms with van der Waals surface area (Å²) in [5.41, 5.74) is 4.94. The van der Waals surface area contributed by atoms with E-state index in [2.05, 4.69) is 26.5 Å². The summed E-state index contributed by atoms with van der Waals surface area (Å²) in [7, 11) is 0. The Morgan fingerprint density at radius 2 is 1.79 bits per heavy atom. The Bertz CT molecular complexity index is 1150. The zero-order valence-electron chi connectivity index (χ0n) is 17.6. The molecule has 1 aliphatic rings. The summed E-state index contributed by atoms with van der Waals surface area (Å²) in [5.74, 6) is -0.453. The van der Waals surface area contributed by atoms with Crippen LogP contribution < -0.4 is 15.1 Å². The summed E-state index contributed by atoms with van der Waals surface area (Å²) < 4.78 is 19.6. The molecule has 3 aromatic carbocycles. The molecule has 0 saturated carbocycles. The molecule has 4 rings (SSSR count). The van der Waals surface area contributed by atoms with Crippen LogP contribution in [0.1, 0.15) is 17.5 Å². The molecule has 1 atom stereocenters. The number of amides is 2. The average molecular weight is 510 g/mol. The Morgan fingerprint density at radius 1 is 1.09 bits per heavy atom. The van der Waals surface area contributed by atoms with E-state index >= 15 is 0 Å². The van der Waals surface area contributed by atoms with Gasteiger partial charge in [0.15, 0.2) is 0 Å².